The lowest BCUT2D eigenvalue weighted by atomic mass is 9.89. The number of benzene rings is 3. The third-order valence-corrected chi connectivity index (χ3v) is 6.25. The molecule has 190 valence electrons. The minimum Gasteiger partial charge on any atom is -0.406 e. The van der Waals surface area contributed by atoms with E-state index in [1.54, 1.807) is 25.4 Å². The lowest BCUT2D eigenvalue weighted by Crippen LogP contribution is -2.19. The molecule has 0 saturated carbocycles. The van der Waals surface area contributed by atoms with Gasteiger partial charge in [0.1, 0.15) is 5.75 Å². The van der Waals surface area contributed by atoms with E-state index in [0.717, 1.165) is 34.4 Å². The van der Waals surface area contributed by atoms with Gasteiger partial charge in [-0.25, -0.2) is 0 Å². The highest BCUT2D eigenvalue weighted by Crippen LogP contribution is 2.36. The van der Waals surface area contributed by atoms with Gasteiger partial charge in [-0.1, -0.05) is 30.8 Å². The Morgan fingerprint density at radius 1 is 1.03 bits per heavy atom. The number of carbonyl (C=O) groups excluding carboxylic acids is 1. The predicted octanol–water partition coefficient (Wildman–Crippen LogP) is 6.44. The van der Waals surface area contributed by atoms with Gasteiger partial charge in [-0.2, -0.15) is 0 Å². The van der Waals surface area contributed by atoms with Crippen LogP contribution in [0.5, 0.6) is 5.75 Å². The smallest absolute Gasteiger partial charge is 0.406 e. The minimum atomic E-state index is -4.88. The van der Waals surface area contributed by atoms with Crippen LogP contribution in [0.1, 0.15) is 22.3 Å². The van der Waals surface area contributed by atoms with E-state index >= 15 is 0 Å². The molecular weight excluding hydrogens is 481 g/mol. The van der Waals surface area contributed by atoms with Crippen molar-refractivity contribution in [3.63, 3.8) is 0 Å². The third kappa shape index (κ3) is 5.58. The van der Waals surface area contributed by atoms with Crippen molar-refractivity contribution in [1.29, 1.82) is 0 Å². The number of anilines is 1. The van der Waals surface area contributed by atoms with Crippen LogP contribution in [-0.4, -0.2) is 16.8 Å². The first-order chi connectivity index (χ1) is 17.5. The molecule has 1 N–H and O–H groups in total. The average Bonchev–Trinajstić information content (AvgIpc) is 2.83. The van der Waals surface area contributed by atoms with E-state index in [4.69, 9.17) is 0 Å². The van der Waals surface area contributed by atoms with Crippen LogP contribution in [0.2, 0.25) is 0 Å². The standard InChI is InChI=1S/C29H25F3N2O3/c1-5-27(35)33-20-10-9-19(13-23-17(2)7-6-8-18(23)3)24(14-20)26-16-34(4)28(36)22-12-11-21(15-25(22)26)37-29(30,31)32/h5-12,14-16H,1,13H2,2-4H3,(H,33,35). The number of nitrogens with zero attached hydrogens (tertiary/aromatic N) is 1. The van der Waals surface area contributed by atoms with Crippen molar-refractivity contribution in [2.24, 2.45) is 7.05 Å². The summed E-state index contributed by atoms with van der Waals surface area (Å²) in [5.41, 5.74) is 5.50. The number of ether oxygens (including phenoxy) is 1. The van der Waals surface area contributed by atoms with E-state index in [1.165, 1.54) is 16.7 Å². The summed E-state index contributed by atoms with van der Waals surface area (Å²) >= 11 is 0. The maximum atomic E-state index is 13.0. The zero-order valence-corrected chi connectivity index (χ0v) is 20.6. The fraction of sp³-hybridized carbons (Fsp3) is 0.172. The summed E-state index contributed by atoms with van der Waals surface area (Å²) in [6.45, 7) is 7.51. The highest BCUT2D eigenvalue weighted by Gasteiger charge is 2.31. The second-order valence-electron chi connectivity index (χ2n) is 8.83. The number of halogens is 3. The molecule has 8 heteroatoms. The number of rotatable bonds is 6. The van der Waals surface area contributed by atoms with Gasteiger partial charge in [0.15, 0.2) is 0 Å². The Morgan fingerprint density at radius 3 is 2.38 bits per heavy atom. The first-order valence-corrected chi connectivity index (χ1v) is 11.5. The Kier molecular flexibility index (Phi) is 6.94. The molecule has 0 aliphatic heterocycles. The molecule has 4 rings (SSSR count). The molecule has 0 atom stereocenters. The van der Waals surface area contributed by atoms with E-state index in [-0.39, 0.29) is 10.9 Å². The van der Waals surface area contributed by atoms with Crippen molar-refractivity contribution >= 4 is 22.4 Å². The zero-order chi connectivity index (χ0) is 26.9. The molecule has 1 aromatic heterocycles. The van der Waals surface area contributed by atoms with Crippen LogP contribution in [-0.2, 0) is 18.3 Å². The van der Waals surface area contributed by atoms with Crippen LogP contribution in [0.25, 0.3) is 21.9 Å². The predicted molar refractivity (Wildman–Crippen MR) is 139 cm³/mol. The monoisotopic (exact) mass is 506 g/mol. The SMILES string of the molecule is C=CC(=O)Nc1ccc(Cc2c(C)cccc2C)c(-c2cn(C)c(=O)c3ccc(OC(F)(F)F)cc23)c1. The van der Waals surface area contributed by atoms with Crippen molar-refractivity contribution < 1.29 is 22.7 Å². The third-order valence-electron chi connectivity index (χ3n) is 6.25. The van der Waals surface area contributed by atoms with Crippen LogP contribution >= 0.6 is 0 Å². The molecule has 4 aromatic rings. The van der Waals surface area contributed by atoms with Crippen molar-refractivity contribution in [2.45, 2.75) is 26.6 Å². The van der Waals surface area contributed by atoms with Crippen LogP contribution in [0.15, 0.2) is 78.2 Å². The van der Waals surface area contributed by atoms with Crippen LogP contribution in [0, 0.1) is 13.8 Å². The molecule has 1 heterocycles. The number of pyridine rings is 1. The largest absolute Gasteiger partial charge is 0.573 e. The lowest BCUT2D eigenvalue weighted by Gasteiger charge is -2.18. The molecule has 0 aliphatic carbocycles. The van der Waals surface area contributed by atoms with Gasteiger partial charge >= 0.3 is 6.36 Å². The van der Waals surface area contributed by atoms with E-state index in [9.17, 15) is 22.8 Å². The van der Waals surface area contributed by atoms with Gasteiger partial charge in [-0.15, -0.1) is 13.2 Å². The van der Waals surface area contributed by atoms with Crippen molar-refractivity contribution in [3.8, 4) is 16.9 Å². The number of hydrogen-bond acceptors (Lipinski definition) is 3. The highest BCUT2D eigenvalue weighted by molar-refractivity contribution is 6.01. The Labute approximate surface area is 211 Å². The summed E-state index contributed by atoms with van der Waals surface area (Å²) in [7, 11) is 1.58. The van der Waals surface area contributed by atoms with Crippen LogP contribution in [0.3, 0.4) is 0 Å². The van der Waals surface area contributed by atoms with Gasteiger partial charge in [-0.3, -0.25) is 9.59 Å². The Morgan fingerprint density at radius 2 is 1.73 bits per heavy atom. The minimum absolute atomic E-state index is 0.244. The van der Waals surface area contributed by atoms with E-state index in [0.29, 0.717) is 28.6 Å². The first kappa shape index (κ1) is 25.8. The number of carbonyl (C=O) groups is 1. The molecule has 3 aromatic carbocycles. The molecule has 0 saturated heterocycles. The molecule has 0 unspecified atom stereocenters. The van der Waals surface area contributed by atoms with Crippen LogP contribution in [0.4, 0.5) is 18.9 Å². The molecule has 0 bridgehead atoms. The summed E-state index contributed by atoms with van der Waals surface area (Å²) in [4.78, 5) is 24.8. The molecular formula is C29H25F3N2O3. The summed E-state index contributed by atoms with van der Waals surface area (Å²) in [6.07, 6.45) is -1.61. The molecule has 0 spiro atoms. The summed E-state index contributed by atoms with van der Waals surface area (Å²) in [5.74, 6) is -0.832. The van der Waals surface area contributed by atoms with Crippen molar-refractivity contribution in [1.82, 2.24) is 4.57 Å². The summed E-state index contributed by atoms with van der Waals surface area (Å²) in [5, 5.41) is 3.28. The van der Waals surface area contributed by atoms with Gasteiger partial charge in [-0.05, 0) is 84.5 Å². The van der Waals surface area contributed by atoms with Gasteiger partial charge in [0.25, 0.3) is 5.56 Å². The van der Waals surface area contributed by atoms with Crippen molar-refractivity contribution in [3.05, 3.63) is 106 Å². The summed E-state index contributed by atoms with van der Waals surface area (Å²) < 4.78 is 44.4. The molecule has 1 amide bonds. The second-order valence-corrected chi connectivity index (χ2v) is 8.83. The maximum Gasteiger partial charge on any atom is 0.573 e. The topological polar surface area (TPSA) is 60.3 Å². The Bertz CT molecular complexity index is 1570. The number of hydrogen-bond donors (Lipinski definition) is 1. The van der Waals surface area contributed by atoms with Crippen molar-refractivity contribution in [2.75, 3.05) is 5.32 Å². The van der Waals surface area contributed by atoms with E-state index < -0.39 is 18.0 Å². The second kappa shape index (κ2) is 9.97. The number of aromatic nitrogens is 1. The zero-order valence-electron chi connectivity index (χ0n) is 20.6. The fourth-order valence-electron chi connectivity index (χ4n) is 4.43. The fourth-order valence-corrected chi connectivity index (χ4v) is 4.43. The van der Waals surface area contributed by atoms with E-state index in [1.807, 2.05) is 38.1 Å². The van der Waals surface area contributed by atoms with Gasteiger partial charge < -0.3 is 14.6 Å². The number of alkyl halides is 3. The lowest BCUT2D eigenvalue weighted by molar-refractivity contribution is -0.274. The first-order valence-electron chi connectivity index (χ1n) is 11.5. The normalized spacial score (nSPS) is 11.4. The molecule has 0 aliphatic rings. The number of amides is 1. The molecule has 5 nitrogen and oxygen atoms in total. The molecule has 37 heavy (non-hydrogen) atoms. The average molecular weight is 507 g/mol. The molecule has 0 fully saturated rings. The highest BCUT2D eigenvalue weighted by atomic mass is 19.4. The van der Waals surface area contributed by atoms with E-state index in [2.05, 4.69) is 16.6 Å². The Hall–Kier alpha value is -4.33. The number of aryl methyl sites for hydroxylation is 3. The van der Waals surface area contributed by atoms with Gasteiger partial charge in [0.2, 0.25) is 5.91 Å². The van der Waals surface area contributed by atoms with Gasteiger partial charge in [0, 0.05) is 35.3 Å². The summed E-state index contributed by atoms with van der Waals surface area (Å²) in [6, 6.07) is 15.1. The maximum absolute atomic E-state index is 13.0. The quantitative estimate of drug-likeness (QED) is 0.306. The molecule has 0 radical (unpaired) electrons. The van der Waals surface area contributed by atoms with Crippen LogP contribution < -0.4 is 15.6 Å². The van der Waals surface area contributed by atoms with Gasteiger partial charge in [0.05, 0.1) is 0 Å². The Balaban J connectivity index is 1.99. The number of fused-ring (bicyclic) bond motifs is 1. The number of nitrogens with one attached hydrogen (secondary N) is 1.